The summed E-state index contributed by atoms with van der Waals surface area (Å²) in [4.78, 5) is 0. The number of rotatable bonds is 5. The second-order valence-electron chi connectivity index (χ2n) is 14.1. The van der Waals surface area contributed by atoms with Gasteiger partial charge >= 0.3 is 0 Å². The van der Waals surface area contributed by atoms with Crippen molar-refractivity contribution in [3.05, 3.63) is 23.3 Å². The van der Waals surface area contributed by atoms with Crippen LogP contribution >= 0.6 is 0 Å². The zero-order valence-electron chi connectivity index (χ0n) is 22.5. The van der Waals surface area contributed by atoms with E-state index < -0.39 is 11.7 Å². The predicted molar refractivity (Wildman–Crippen MR) is 136 cm³/mol. The van der Waals surface area contributed by atoms with E-state index in [2.05, 4.69) is 53.7 Å². The lowest BCUT2D eigenvalue weighted by Gasteiger charge is -2.61. The Morgan fingerprint density at radius 3 is 2.30 bits per heavy atom. The van der Waals surface area contributed by atoms with Gasteiger partial charge in [-0.15, -0.1) is 0 Å². The van der Waals surface area contributed by atoms with Crippen LogP contribution in [0.2, 0.25) is 0 Å². The van der Waals surface area contributed by atoms with Gasteiger partial charge < -0.3 is 15.3 Å². The summed E-state index contributed by atoms with van der Waals surface area (Å²) in [6.45, 7) is 17.9. The molecule has 0 heterocycles. The molecule has 4 rings (SSSR count). The van der Waals surface area contributed by atoms with Crippen molar-refractivity contribution in [1.82, 2.24) is 0 Å². The second kappa shape index (κ2) is 7.93. The van der Waals surface area contributed by atoms with Gasteiger partial charge in [-0.3, -0.25) is 0 Å². The molecule has 0 aliphatic heterocycles. The fraction of sp³-hybridized carbons (Fsp3) is 0.867. The maximum absolute atomic E-state index is 10.8. The monoisotopic (exact) mass is 458 g/mol. The van der Waals surface area contributed by atoms with E-state index in [1.165, 1.54) is 12.8 Å². The number of allylic oxidation sites excluding steroid dienone is 4. The van der Waals surface area contributed by atoms with Gasteiger partial charge in [0.05, 0.1) is 17.8 Å². The number of aliphatic hydroxyl groups is 3. The Kier molecular flexibility index (Phi) is 6.12. The number of fused-ring (bicyclic) bond motifs is 5. The van der Waals surface area contributed by atoms with E-state index in [0.29, 0.717) is 24.2 Å². The molecule has 2 saturated carbocycles. The first kappa shape index (κ1) is 25.5. The van der Waals surface area contributed by atoms with Crippen LogP contribution in [-0.2, 0) is 0 Å². The van der Waals surface area contributed by atoms with Crippen molar-refractivity contribution in [1.29, 1.82) is 0 Å². The highest BCUT2D eigenvalue weighted by Gasteiger charge is 2.63. The molecular weight excluding hydrogens is 408 g/mol. The molecule has 0 spiro atoms. The SMILES string of the molecule is C[C@H](CC[C@H](O)C(C)(C)O)[C@H]1CC[C@@]2(C)C3=CC[C@H]4C(C)(C)[C@@H](O)CC[C@]4(C)C3=CC[C@]12C. The summed E-state index contributed by atoms with van der Waals surface area (Å²) in [5.74, 6) is 1.65. The average molecular weight is 459 g/mol. The summed E-state index contributed by atoms with van der Waals surface area (Å²) in [7, 11) is 0. The third kappa shape index (κ3) is 3.62. The smallest absolute Gasteiger partial charge is 0.0849 e. The topological polar surface area (TPSA) is 60.7 Å². The molecule has 0 saturated heterocycles. The summed E-state index contributed by atoms with van der Waals surface area (Å²) in [5, 5.41) is 31.3. The maximum atomic E-state index is 10.8. The predicted octanol–water partition coefficient (Wildman–Crippen LogP) is 6.42. The Labute approximate surface area is 202 Å². The minimum absolute atomic E-state index is 0.0500. The molecular formula is C30H50O3. The molecule has 3 heteroatoms. The maximum Gasteiger partial charge on any atom is 0.0849 e. The fourth-order valence-corrected chi connectivity index (χ4v) is 8.92. The lowest BCUT2D eigenvalue weighted by atomic mass is 9.44. The first-order valence-corrected chi connectivity index (χ1v) is 13.6. The molecule has 0 radical (unpaired) electrons. The highest BCUT2D eigenvalue weighted by atomic mass is 16.3. The van der Waals surface area contributed by atoms with Crippen LogP contribution < -0.4 is 0 Å². The van der Waals surface area contributed by atoms with Gasteiger partial charge in [-0.2, -0.15) is 0 Å². The number of aliphatic hydroxyl groups excluding tert-OH is 2. The molecule has 33 heavy (non-hydrogen) atoms. The van der Waals surface area contributed by atoms with Crippen molar-refractivity contribution in [2.45, 2.75) is 125 Å². The number of hydrogen-bond acceptors (Lipinski definition) is 3. The van der Waals surface area contributed by atoms with Crippen molar-refractivity contribution in [3.63, 3.8) is 0 Å². The van der Waals surface area contributed by atoms with E-state index in [9.17, 15) is 15.3 Å². The molecule has 3 N–H and O–H groups in total. The largest absolute Gasteiger partial charge is 0.393 e. The molecule has 4 aliphatic carbocycles. The third-order valence-electron chi connectivity index (χ3n) is 11.7. The van der Waals surface area contributed by atoms with Gasteiger partial charge in [0.2, 0.25) is 0 Å². The summed E-state index contributed by atoms with van der Waals surface area (Å²) >= 11 is 0. The van der Waals surface area contributed by atoms with Crippen molar-refractivity contribution >= 4 is 0 Å². The number of hydrogen-bond donors (Lipinski definition) is 3. The third-order valence-corrected chi connectivity index (χ3v) is 11.7. The van der Waals surface area contributed by atoms with E-state index in [1.54, 1.807) is 25.0 Å². The van der Waals surface area contributed by atoms with Crippen molar-refractivity contribution in [3.8, 4) is 0 Å². The Morgan fingerprint density at radius 2 is 1.67 bits per heavy atom. The van der Waals surface area contributed by atoms with E-state index in [4.69, 9.17) is 0 Å². The van der Waals surface area contributed by atoms with Gasteiger partial charge in [0.15, 0.2) is 0 Å². The van der Waals surface area contributed by atoms with Crippen LogP contribution in [0.25, 0.3) is 0 Å². The molecule has 0 amide bonds. The van der Waals surface area contributed by atoms with Crippen molar-refractivity contribution < 1.29 is 15.3 Å². The van der Waals surface area contributed by atoms with E-state index in [1.807, 2.05) is 0 Å². The van der Waals surface area contributed by atoms with E-state index >= 15 is 0 Å². The van der Waals surface area contributed by atoms with Gasteiger partial charge in [-0.25, -0.2) is 0 Å². The summed E-state index contributed by atoms with van der Waals surface area (Å²) in [5.41, 5.74) is 2.73. The minimum atomic E-state index is -1.03. The molecule has 0 aromatic heterocycles. The van der Waals surface area contributed by atoms with Gasteiger partial charge in [-0.1, -0.05) is 53.7 Å². The zero-order chi connectivity index (χ0) is 24.6. The Bertz CT molecular complexity index is 832. The Balaban J connectivity index is 1.61. The molecule has 8 atom stereocenters. The summed E-state index contributed by atoms with van der Waals surface area (Å²) < 4.78 is 0. The Morgan fingerprint density at radius 1 is 1.00 bits per heavy atom. The first-order valence-electron chi connectivity index (χ1n) is 13.6. The molecule has 3 nitrogen and oxygen atoms in total. The lowest BCUT2D eigenvalue weighted by Crippen LogP contribution is -2.54. The average Bonchev–Trinajstić information content (AvgIpc) is 3.00. The van der Waals surface area contributed by atoms with Gasteiger partial charge in [-0.05, 0) is 116 Å². The normalized spacial score (nSPS) is 44.2. The lowest BCUT2D eigenvalue weighted by molar-refractivity contribution is -0.0852. The minimum Gasteiger partial charge on any atom is -0.393 e. The molecule has 2 fully saturated rings. The molecule has 188 valence electrons. The molecule has 0 aromatic rings. The van der Waals surface area contributed by atoms with Crippen LogP contribution in [0.3, 0.4) is 0 Å². The van der Waals surface area contributed by atoms with Crippen LogP contribution in [0.1, 0.15) is 107 Å². The molecule has 0 bridgehead atoms. The molecule has 0 aromatic carbocycles. The van der Waals surface area contributed by atoms with Crippen LogP contribution in [0.5, 0.6) is 0 Å². The van der Waals surface area contributed by atoms with Crippen molar-refractivity contribution in [2.24, 2.45) is 39.4 Å². The first-order chi connectivity index (χ1) is 15.1. The quantitative estimate of drug-likeness (QED) is 0.445. The van der Waals surface area contributed by atoms with Crippen molar-refractivity contribution in [2.75, 3.05) is 0 Å². The van der Waals surface area contributed by atoms with Gasteiger partial charge in [0.1, 0.15) is 0 Å². The molecule has 4 aliphatic rings. The summed E-state index contributed by atoms with van der Waals surface area (Å²) in [6, 6.07) is 0. The summed E-state index contributed by atoms with van der Waals surface area (Å²) in [6.07, 6.45) is 12.6. The van der Waals surface area contributed by atoms with Crippen LogP contribution in [0, 0.1) is 39.4 Å². The fourth-order valence-electron chi connectivity index (χ4n) is 8.92. The van der Waals surface area contributed by atoms with Gasteiger partial charge in [0.25, 0.3) is 0 Å². The van der Waals surface area contributed by atoms with Crippen LogP contribution in [-0.4, -0.2) is 33.1 Å². The standard InChI is InChI=1S/C30H50O3/c1-19(9-12-25(32)27(4,5)33)20-13-17-30(8)22-10-11-23-26(2,3)24(31)15-16-28(23,6)21(22)14-18-29(20,30)7/h10,14,19-20,23-25,31-33H,9,11-13,15-18H2,1-8H3/t19-,20-,23+,24+,25+,28-,29-,30+/m1/s1. The van der Waals surface area contributed by atoms with E-state index in [0.717, 1.165) is 32.1 Å². The second-order valence-corrected chi connectivity index (χ2v) is 14.1. The highest BCUT2D eigenvalue weighted by Crippen LogP contribution is 2.71. The van der Waals surface area contributed by atoms with Crippen LogP contribution in [0.15, 0.2) is 23.3 Å². The van der Waals surface area contributed by atoms with Crippen LogP contribution in [0.4, 0.5) is 0 Å². The zero-order valence-corrected chi connectivity index (χ0v) is 22.5. The molecule has 0 unspecified atom stereocenters. The van der Waals surface area contributed by atoms with Gasteiger partial charge in [0, 0.05) is 0 Å². The highest BCUT2D eigenvalue weighted by molar-refractivity contribution is 5.49. The van der Waals surface area contributed by atoms with E-state index in [-0.39, 0.29) is 27.8 Å². The Hall–Kier alpha value is -0.640.